The number of guanidine groups is 1. The summed E-state index contributed by atoms with van der Waals surface area (Å²) in [5, 5.41) is 3.96. The van der Waals surface area contributed by atoms with Crippen LogP contribution in [0.4, 0.5) is 0 Å². The minimum Gasteiger partial charge on any atom is -0.492 e. The molecular formula is C20H27ClN4O3S. The van der Waals surface area contributed by atoms with Gasteiger partial charge in [-0.15, -0.1) is 0 Å². The smallest absolute Gasteiger partial charge is 0.215 e. The molecule has 2 aromatic rings. The molecule has 0 unspecified atom stereocenters. The van der Waals surface area contributed by atoms with E-state index >= 15 is 0 Å². The zero-order valence-electron chi connectivity index (χ0n) is 16.9. The van der Waals surface area contributed by atoms with E-state index in [4.69, 9.17) is 16.3 Å². The van der Waals surface area contributed by atoms with Crippen LogP contribution in [0.15, 0.2) is 53.5 Å². The average Bonchev–Trinajstić information content (AvgIpc) is 2.70. The topological polar surface area (TPSA) is 83.0 Å². The number of aliphatic imine (C=N–C) groups is 1. The highest BCUT2D eigenvalue weighted by atomic mass is 35.5. The Bertz CT molecular complexity index is 918. The molecule has 0 amide bonds. The van der Waals surface area contributed by atoms with Gasteiger partial charge in [-0.05, 0) is 42.4 Å². The van der Waals surface area contributed by atoms with E-state index in [1.54, 1.807) is 25.2 Å². The number of likely N-dealkylation sites (N-methyl/N-ethyl adjacent to an activating group) is 1. The lowest BCUT2D eigenvalue weighted by Gasteiger charge is -2.22. The highest BCUT2D eigenvalue weighted by Crippen LogP contribution is 2.15. The van der Waals surface area contributed by atoms with Crippen molar-refractivity contribution < 1.29 is 13.2 Å². The van der Waals surface area contributed by atoms with Gasteiger partial charge in [0.05, 0.1) is 12.3 Å². The predicted molar refractivity (Wildman–Crippen MR) is 118 cm³/mol. The van der Waals surface area contributed by atoms with Gasteiger partial charge in [-0.1, -0.05) is 35.9 Å². The molecule has 0 saturated carbocycles. The van der Waals surface area contributed by atoms with Crippen LogP contribution >= 0.6 is 11.6 Å². The predicted octanol–water partition coefficient (Wildman–Crippen LogP) is 2.48. The van der Waals surface area contributed by atoms with Gasteiger partial charge in [-0.2, -0.15) is 0 Å². The fraction of sp³-hybridized carbons (Fsp3) is 0.350. The van der Waals surface area contributed by atoms with Gasteiger partial charge >= 0.3 is 0 Å². The van der Waals surface area contributed by atoms with E-state index in [2.05, 4.69) is 15.0 Å². The maximum atomic E-state index is 11.7. The van der Waals surface area contributed by atoms with E-state index < -0.39 is 10.0 Å². The molecular weight excluding hydrogens is 412 g/mol. The van der Waals surface area contributed by atoms with Crippen LogP contribution < -0.4 is 14.8 Å². The zero-order valence-corrected chi connectivity index (χ0v) is 18.4. The van der Waals surface area contributed by atoms with Gasteiger partial charge < -0.3 is 15.0 Å². The van der Waals surface area contributed by atoms with E-state index in [0.717, 1.165) is 22.8 Å². The Hall–Kier alpha value is -2.29. The SMILES string of the molecule is CN=C(NCc1cccc(CS(=O)(=O)NC)c1)N(C)CCOc1ccc(Cl)cc1. The van der Waals surface area contributed by atoms with E-state index in [9.17, 15) is 8.42 Å². The van der Waals surface area contributed by atoms with Crippen LogP contribution in [-0.2, 0) is 22.3 Å². The summed E-state index contributed by atoms with van der Waals surface area (Å²) in [5.74, 6) is 1.44. The molecule has 0 spiro atoms. The number of halogens is 1. The van der Waals surface area contributed by atoms with Gasteiger partial charge in [-0.3, -0.25) is 4.99 Å². The first-order chi connectivity index (χ1) is 13.8. The van der Waals surface area contributed by atoms with Gasteiger partial charge in [0.2, 0.25) is 10.0 Å². The molecule has 9 heteroatoms. The van der Waals surface area contributed by atoms with Crippen LogP contribution in [0.5, 0.6) is 5.75 Å². The van der Waals surface area contributed by atoms with Crippen molar-refractivity contribution in [3.8, 4) is 5.75 Å². The number of ether oxygens (including phenoxy) is 1. The third-order valence-corrected chi connectivity index (χ3v) is 5.78. The molecule has 2 N–H and O–H groups in total. The van der Waals surface area contributed by atoms with Crippen molar-refractivity contribution in [1.29, 1.82) is 0 Å². The first-order valence-corrected chi connectivity index (χ1v) is 11.1. The monoisotopic (exact) mass is 438 g/mol. The van der Waals surface area contributed by atoms with Crippen molar-refractivity contribution in [3.05, 3.63) is 64.7 Å². The summed E-state index contributed by atoms with van der Waals surface area (Å²) in [6.07, 6.45) is 0. The van der Waals surface area contributed by atoms with Crippen LogP contribution in [0.25, 0.3) is 0 Å². The minimum absolute atomic E-state index is 0.0476. The Kier molecular flexibility index (Phi) is 8.75. The lowest BCUT2D eigenvalue weighted by atomic mass is 10.1. The van der Waals surface area contributed by atoms with Crippen molar-refractivity contribution in [2.45, 2.75) is 12.3 Å². The Morgan fingerprint density at radius 2 is 1.86 bits per heavy atom. The normalized spacial score (nSPS) is 11.9. The van der Waals surface area contributed by atoms with Crippen molar-refractivity contribution in [1.82, 2.24) is 14.9 Å². The Labute approximate surface area is 177 Å². The van der Waals surface area contributed by atoms with Crippen molar-refractivity contribution in [3.63, 3.8) is 0 Å². The molecule has 0 bridgehead atoms. The van der Waals surface area contributed by atoms with Gasteiger partial charge in [0.1, 0.15) is 12.4 Å². The van der Waals surface area contributed by atoms with Gasteiger partial charge in [-0.25, -0.2) is 13.1 Å². The maximum absolute atomic E-state index is 11.7. The van der Waals surface area contributed by atoms with E-state index in [0.29, 0.717) is 24.7 Å². The zero-order chi connectivity index (χ0) is 21.3. The second kappa shape index (κ2) is 11.0. The number of hydrogen-bond acceptors (Lipinski definition) is 4. The summed E-state index contributed by atoms with van der Waals surface area (Å²) in [4.78, 5) is 6.25. The van der Waals surface area contributed by atoms with Gasteiger partial charge in [0, 0.05) is 25.7 Å². The largest absolute Gasteiger partial charge is 0.492 e. The highest BCUT2D eigenvalue weighted by molar-refractivity contribution is 7.88. The molecule has 0 aromatic heterocycles. The summed E-state index contributed by atoms with van der Waals surface area (Å²) >= 11 is 5.87. The van der Waals surface area contributed by atoms with Gasteiger partial charge in [0.15, 0.2) is 5.96 Å². The quantitative estimate of drug-likeness (QED) is 0.464. The van der Waals surface area contributed by atoms with Crippen LogP contribution in [0.2, 0.25) is 5.02 Å². The molecule has 0 heterocycles. The number of benzene rings is 2. The Morgan fingerprint density at radius 1 is 1.17 bits per heavy atom. The van der Waals surface area contributed by atoms with Crippen LogP contribution in [-0.4, -0.2) is 53.6 Å². The molecule has 2 rings (SSSR count). The molecule has 0 radical (unpaired) electrons. The molecule has 29 heavy (non-hydrogen) atoms. The molecule has 0 aliphatic rings. The first kappa shape index (κ1) is 23.0. The minimum atomic E-state index is -3.30. The van der Waals surface area contributed by atoms with E-state index in [1.807, 2.05) is 42.3 Å². The number of rotatable bonds is 9. The summed E-state index contributed by atoms with van der Waals surface area (Å²) in [5.41, 5.74) is 1.71. The fourth-order valence-electron chi connectivity index (χ4n) is 2.62. The third kappa shape index (κ3) is 7.92. The maximum Gasteiger partial charge on any atom is 0.215 e. The van der Waals surface area contributed by atoms with Crippen LogP contribution in [0.1, 0.15) is 11.1 Å². The Morgan fingerprint density at radius 3 is 2.52 bits per heavy atom. The third-order valence-electron chi connectivity index (χ3n) is 4.19. The summed E-state index contributed by atoms with van der Waals surface area (Å²) in [7, 11) is 1.76. The Balaban J connectivity index is 1.85. The number of hydrogen-bond donors (Lipinski definition) is 2. The second-order valence-electron chi connectivity index (χ2n) is 6.41. The first-order valence-electron chi connectivity index (χ1n) is 9.12. The highest BCUT2D eigenvalue weighted by Gasteiger charge is 2.10. The molecule has 0 aliphatic carbocycles. The van der Waals surface area contributed by atoms with Crippen molar-refractivity contribution in [2.24, 2.45) is 4.99 Å². The molecule has 0 fully saturated rings. The van der Waals surface area contributed by atoms with Crippen molar-refractivity contribution >= 4 is 27.6 Å². The summed E-state index contributed by atoms with van der Waals surface area (Å²) in [6, 6.07) is 14.7. The molecule has 2 aromatic carbocycles. The molecule has 0 saturated heterocycles. The van der Waals surface area contributed by atoms with E-state index in [-0.39, 0.29) is 5.75 Å². The molecule has 158 valence electrons. The van der Waals surface area contributed by atoms with Crippen molar-refractivity contribution in [2.75, 3.05) is 34.3 Å². The standard InChI is InChI=1S/C20H27ClN4O3S/c1-22-20(25(3)11-12-28-19-9-7-18(21)8-10-19)24-14-16-5-4-6-17(13-16)15-29(26,27)23-2/h4-10,13,23H,11-12,14-15H2,1-3H3,(H,22,24). The number of nitrogens with one attached hydrogen (secondary N) is 2. The summed E-state index contributed by atoms with van der Waals surface area (Å²) in [6.45, 7) is 1.67. The van der Waals surface area contributed by atoms with Crippen LogP contribution in [0, 0.1) is 0 Å². The second-order valence-corrected chi connectivity index (χ2v) is 8.77. The van der Waals surface area contributed by atoms with E-state index in [1.165, 1.54) is 7.05 Å². The molecule has 0 atom stereocenters. The van der Waals surface area contributed by atoms with Crippen LogP contribution in [0.3, 0.4) is 0 Å². The number of nitrogens with zero attached hydrogens (tertiary/aromatic N) is 2. The van der Waals surface area contributed by atoms with Gasteiger partial charge in [0.25, 0.3) is 0 Å². The number of sulfonamides is 1. The average molecular weight is 439 g/mol. The molecule has 0 aliphatic heterocycles. The molecule has 7 nitrogen and oxygen atoms in total. The summed E-state index contributed by atoms with van der Waals surface area (Å²) < 4.78 is 31.5. The lowest BCUT2D eigenvalue weighted by Crippen LogP contribution is -2.40. The fourth-order valence-corrected chi connectivity index (χ4v) is 3.51. The lowest BCUT2D eigenvalue weighted by molar-refractivity contribution is 0.281.